The number of imide groups is 1. The van der Waals surface area contributed by atoms with Crippen LogP contribution in [0.15, 0.2) is 67.0 Å². The van der Waals surface area contributed by atoms with Crippen molar-refractivity contribution in [1.82, 2.24) is 20.2 Å². The van der Waals surface area contributed by atoms with Crippen LogP contribution in [0.2, 0.25) is 0 Å². The Morgan fingerprint density at radius 2 is 1.88 bits per heavy atom. The molecule has 2 N–H and O–H groups in total. The fourth-order valence-electron chi connectivity index (χ4n) is 3.81. The molecule has 1 aromatic heterocycles. The molecule has 4 amide bonds. The lowest BCUT2D eigenvalue weighted by Gasteiger charge is -2.19. The van der Waals surface area contributed by atoms with Crippen LogP contribution >= 0.6 is 0 Å². The molecule has 0 spiro atoms. The van der Waals surface area contributed by atoms with E-state index >= 15 is 0 Å². The highest BCUT2D eigenvalue weighted by Gasteiger charge is 2.39. The molecule has 2 heterocycles. The van der Waals surface area contributed by atoms with Crippen molar-refractivity contribution >= 4 is 23.5 Å². The fraction of sp³-hybridized carbons (Fsp3) is 0.250. The summed E-state index contributed by atoms with van der Waals surface area (Å²) in [7, 11) is 3.41. The molecule has 9 nitrogen and oxygen atoms in total. The first kappa shape index (κ1) is 22.1. The molecule has 9 heteroatoms. The second-order valence-electron chi connectivity index (χ2n) is 7.72. The number of benzene rings is 2. The Morgan fingerprint density at radius 1 is 1.15 bits per heavy atom. The van der Waals surface area contributed by atoms with Crippen LogP contribution in [0.25, 0.3) is 0 Å². The van der Waals surface area contributed by atoms with Gasteiger partial charge in [0.25, 0.3) is 5.91 Å². The van der Waals surface area contributed by atoms with Crippen molar-refractivity contribution in [2.24, 2.45) is 7.05 Å². The Balaban J connectivity index is 1.41. The third kappa shape index (κ3) is 4.72. The number of imidazole rings is 1. The number of ether oxygens (including phenoxy) is 1. The quantitative estimate of drug-likeness (QED) is 0.517. The molecule has 1 aliphatic heterocycles. The van der Waals surface area contributed by atoms with E-state index in [-0.39, 0.29) is 24.7 Å². The summed E-state index contributed by atoms with van der Waals surface area (Å²) in [6.45, 7) is 0. The van der Waals surface area contributed by atoms with Crippen LogP contribution < -0.4 is 20.3 Å². The number of amides is 4. The summed E-state index contributed by atoms with van der Waals surface area (Å²) >= 11 is 0. The van der Waals surface area contributed by atoms with E-state index in [1.165, 1.54) is 0 Å². The average molecular weight is 447 g/mol. The zero-order valence-corrected chi connectivity index (χ0v) is 18.4. The smallest absolute Gasteiger partial charge is 0.329 e. The Hall–Kier alpha value is -4.14. The van der Waals surface area contributed by atoms with Gasteiger partial charge in [0.2, 0.25) is 5.91 Å². The van der Waals surface area contributed by atoms with Crippen LogP contribution in [0.4, 0.5) is 10.5 Å². The summed E-state index contributed by atoms with van der Waals surface area (Å²) < 4.78 is 6.97. The molecule has 1 fully saturated rings. The Morgan fingerprint density at radius 3 is 2.52 bits per heavy atom. The number of aryl methyl sites for hydroxylation is 1. The second-order valence-corrected chi connectivity index (χ2v) is 7.72. The topological polar surface area (TPSA) is 106 Å². The summed E-state index contributed by atoms with van der Waals surface area (Å²) in [6.07, 6.45) is 3.75. The molecule has 2 aromatic carbocycles. The number of nitrogens with one attached hydrogen (secondary N) is 2. The first-order valence-electron chi connectivity index (χ1n) is 10.6. The molecule has 0 radical (unpaired) electrons. The van der Waals surface area contributed by atoms with E-state index in [0.29, 0.717) is 17.3 Å². The number of carbonyl (C=O) groups is 3. The molecule has 0 saturated carbocycles. The van der Waals surface area contributed by atoms with Crippen molar-refractivity contribution in [2.45, 2.75) is 24.9 Å². The van der Waals surface area contributed by atoms with Crippen molar-refractivity contribution in [2.75, 3.05) is 12.0 Å². The van der Waals surface area contributed by atoms with Crippen LogP contribution in [-0.2, 0) is 16.6 Å². The minimum atomic E-state index is -0.770. The third-order valence-corrected chi connectivity index (χ3v) is 5.56. The Labute approximate surface area is 191 Å². The number of rotatable bonds is 8. The summed E-state index contributed by atoms with van der Waals surface area (Å²) in [5.41, 5.74) is 1.35. The molecule has 33 heavy (non-hydrogen) atoms. The van der Waals surface area contributed by atoms with Crippen LogP contribution in [0, 0.1) is 0 Å². The average Bonchev–Trinajstić information content (AvgIpc) is 3.38. The van der Waals surface area contributed by atoms with E-state index in [9.17, 15) is 14.4 Å². The molecule has 0 bridgehead atoms. The minimum absolute atomic E-state index is 0.0703. The minimum Gasteiger partial charge on any atom is -0.497 e. The van der Waals surface area contributed by atoms with Crippen LogP contribution in [0.5, 0.6) is 5.75 Å². The molecular weight excluding hydrogens is 422 g/mol. The number of urea groups is 1. The number of hydrogen-bond acceptors (Lipinski definition) is 5. The monoisotopic (exact) mass is 447 g/mol. The van der Waals surface area contributed by atoms with Gasteiger partial charge in [-0.25, -0.2) is 14.7 Å². The van der Waals surface area contributed by atoms with Crippen molar-refractivity contribution < 1.29 is 19.1 Å². The van der Waals surface area contributed by atoms with E-state index in [1.807, 2.05) is 48.1 Å². The van der Waals surface area contributed by atoms with Crippen molar-refractivity contribution in [3.05, 3.63) is 78.4 Å². The van der Waals surface area contributed by atoms with Gasteiger partial charge in [-0.3, -0.25) is 9.59 Å². The lowest BCUT2D eigenvalue weighted by molar-refractivity contribution is -0.122. The number of carbonyl (C=O) groups excluding carboxylic acids is 3. The van der Waals surface area contributed by atoms with Crippen LogP contribution in [-0.4, -0.2) is 40.5 Å². The van der Waals surface area contributed by atoms with Gasteiger partial charge in [-0.2, -0.15) is 0 Å². The zero-order valence-electron chi connectivity index (χ0n) is 18.4. The number of aromatic nitrogens is 2. The van der Waals surface area contributed by atoms with E-state index < -0.39 is 18.1 Å². The highest BCUT2D eigenvalue weighted by molar-refractivity contribution is 6.21. The van der Waals surface area contributed by atoms with Gasteiger partial charge in [0.05, 0.1) is 12.8 Å². The van der Waals surface area contributed by atoms with Crippen molar-refractivity contribution in [1.29, 1.82) is 0 Å². The van der Waals surface area contributed by atoms with Crippen molar-refractivity contribution in [3.63, 3.8) is 0 Å². The van der Waals surface area contributed by atoms with Gasteiger partial charge in [-0.05, 0) is 36.2 Å². The lowest BCUT2D eigenvalue weighted by Crippen LogP contribution is -2.34. The van der Waals surface area contributed by atoms with Gasteiger partial charge in [0, 0.05) is 25.9 Å². The molecule has 170 valence electrons. The zero-order chi connectivity index (χ0) is 23.4. The second kappa shape index (κ2) is 9.56. The Kier molecular flexibility index (Phi) is 6.39. The Bertz CT molecular complexity index is 1140. The molecule has 4 rings (SSSR count). The molecule has 0 aliphatic carbocycles. The number of nitrogens with zero attached hydrogens (tertiary/aromatic N) is 3. The molecule has 0 unspecified atom stereocenters. The summed E-state index contributed by atoms with van der Waals surface area (Å²) in [6, 6.07) is 14.5. The number of methoxy groups -OCH3 is 1. The maximum Gasteiger partial charge on any atom is 0.329 e. The van der Waals surface area contributed by atoms with Gasteiger partial charge >= 0.3 is 6.03 Å². The highest BCUT2D eigenvalue weighted by Crippen LogP contribution is 2.24. The molecular formula is C24H25N5O4. The van der Waals surface area contributed by atoms with E-state index in [2.05, 4.69) is 15.6 Å². The first-order valence-corrected chi connectivity index (χ1v) is 10.6. The number of anilines is 1. The van der Waals surface area contributed by atoms with Gasteiger partial charge in [0.1, 0.15) is 23.7 Å². The first-order chi connectivity index (χ1) is 16.0. The predicted octanol–water partition coefficient (Wildman–Crippen LogP) is 2.54. The van der Waals surface area contributed by atoms with Gasteiger partial charge in [0.15, 0.2) is 0 Å². The van der Waals surface area contributed by atoms with Gasteiger partial charge < -0.3 is 19.9 Å². The van der Waals surface area contributed by atoms with E-state index in [1.54, 1.807) is 37.6 Å². The summed E-state index contributed by atoms with van der Waals surface area (Å²) in [4.78, 5) is 43.5. The third-order valence-electron chi connectivity index (χ3n) is 5.56. The molecule has 2 atom stereocenters. The van der Waals surface area contributed by atoms with E-state index in [4.69, 9.17) is 4.74 Å². The maximum absolute atomic E-state index is 12.8. The fourth-order valence-corrected chi connectivity index (χ4v) is 3.81. The van der Waals surface area contributed by atoms with Gasteiger partial charge in [-0.15, -0.1) is 0 Å². The highest BCUT2D eigenvalue weighted by atomic mass is 16.5. The predicted molar refractivity (Wildman–Crippen MR) is 122 cm³/mol. The SMILES string of the molecule is COc1ccc(N2C(=O)N[C@H](CCC(=O)N[C@@H](c3ccccc3)c3nccn3C)C2=O)cc1. The lowest BCUT2D eigenvalue weighted by atomic mass is 10.1. The normalized spacial score (nSPS) is 16.4. The molecule has 1 saturated heterocycles. The van der Waals surface area contributed by atoms with Crippen LogP contribution in [0.3, 0.4) is 0 Å². The summed E-state index contributed by atoms with van der Waals surface area (Å²) in [5.74, 6) is 0.698. The molecule has 3 aromatic rings. The van der Waals surface area contributed by atoms with E-state index in [0.717, 1.165) is 10.5 Å². The maximum atomic E-state index is 12.8. The standard InChI is InChI=1S/C24H25N5O4/c1-28-15-14-25-22(28)21(16-6-4-3-5-7-16)27-20(30)13-12-19-23(31)29(24(32)26-19)17-8-10-18(33-2)11-9-17/h3-11,14-15,19,21H,12-13H2,1-2H3,(H,26,32)(H,27,30)/t19-,21+/m1/s1. The van der Waals surface area contributed by atoms with Gasteiger partial charge in [-0.1, -0.05) is 30.3 Å². The summed E-state index contributed by atoms with van der Waals surface area (Å²) in [5, 5.41) is 5.68. The van der Waals surface area contributed by atoms with Crippen LogP contribution in [0.1, 0.15) is 30.3 Å². The number of hydrogen-bond donors (Lipinski definition) is 2. The largest absolute Gasteiger partial charge is 0.497 e. The van der Waals surface area contributed by atoms with Crippen molar-refractivity contribution in [3.8, 4) is 5.75 Å². The molecule has 1 aliphatic rings.